The van der Waals surface area contributed by atoms with Crippen LogP contribution < -0.4 is 9.64 Å². The second kappa shape index (κ2) is 8.20. The van der Waals surface area contributed by atoms with Gasteiger partial charge in [-0.2, -0.15) is 10.6 Å². The van der Waals surface area contributed by atoms with Crippen molar-refractivity contribution < 1.29 is 23.4 Å². The Morgan fingerprint density at radius 2 is 2.09 bits per heavy atom. The molecule has 5 rings (SSSR count). The lowest BCUT2D eigenvalue weighted by molar-refractivity contribution is -0.142. The maximum absolute atomic E-state index is 11.4. The standard InChI is InChI=1S/C21H20ClN3O5S2/c1-29-19(26)9-30-13-3-2-12-6-7-25(16(12)8-13)21-14-10-32(27,28)11-15(14)23-20(24-21)17-4-5-18(22)31-17/h2-5,8,27-28H,6-7,9-11H2,1H3. The molecule has 0 saturated carbocycles. The number of nitrogens with zero attached hydrogens (tertiary/aromatic N) is 3. The number of thiophene rings is 1. The molecule has 168 valence electrons. The topological polar surface area (TPSA) is 105 Å². The Hall–Kier alpha value is -2.37. The van der Waals surface area contributed by atoms with Crippen LogP contribution in [0.3, 0.4) is 0 Å². The second-order valence-corrected chi connectivity index (χ2v) is 11.4. The highest BCUT2D eigenvalue weighted by atomic mass is 35.5. The van der Waals surface area contributed by atoms with Crippen LogP contribution in [0.4, 0.5) is 11.5 Å². The van der Waals surface area contributed by atoms with Gasteiger partial charge in [-0.25, -0.2) is 14.8 Å². The summed E-state index contributed by atoms with van der Waals surface area (Å²) < 4.78 is 31.6. The first kappa shape index (κ1) is 21.5. The van der Waals surface area contributed by atoms with Crippen molar-refractivity contribution >= 4 is 51.0 Å². The predicted octanol–water partition coefficient (Wildman–Crippen LogP) is 4.87. The molecule has 32 heavy (non-hydrogen) atoms. The third kappa shape index (κ3) is 4.04. The van der Waals surface area contributed by atoms with E-state index in [1.54, 1.807) is 6.07 Å². The van der Waals surface area contributed by atoms with Gasteiger partial charge in [-0.3, -0.25) is 9.11 Å². The lowest BCUT2D eigenvalue weighted by atomic mass is 10.1. The fourth-order valence-corrected chi connectivity index (χ4v) is 6.44. The number of carbonyl (C=O) groups excluding carboxylic acids is 1. The summed E-state index contributed by atoms with van der Waals surface area (Å²) >= 11 is 7.49. The molecule has 0 bridgehead atoms. The van der Waals surface area contributed by atoms with E-state index in [1.165, 1.54) is 18.4 Å². The van der Waals surface area contributed by atoms with Crippen molar-refractivity contribution in [1.82, 2.24) is 9.97 Å². The summed E-state index contributed by atoms with van der Waals surface area (Å²) in [5.74, 6) is 1.51. The fraction of sp³-hybridized carbons (Fsp3) is 0.286. The SMILES string of the molecule is COC(=O)COc1ccc2c(c1)N(c1nc(-c3ccc(Cl)s3)nc3c1CS(O)(O)C3)CC2. The number of esters is 1. The van der Waals surface area contributed by atoms with Crippen LogP contribution in [0.5, 0.6) is 5.75 Å². The Balaban J connectivity index is 1.56. The summed E-state index contributed by atoms with van der Waals surface area (Å²) in [5, 5.41) is 0. The molecular weight excluding hydrogens is 474 g/mol. The molecule has 0 unspecified atom stereocenters. The average molecular weight is 494 g/mol. The van der Waals surface area contributed by atoms with Crippen molar-refractivity contribution in [2.24, 2.45) is 0 Å². The predicted molar refractivity (Wildman–Crippen MR) is 125 cm³/mol. The maximum atomic E-state index is 11.4. The summed E-state index contributed by atoms with van der Waals surface area (Å²) in [6.45, 7) is 0.505. The summed E-state index contributed by atoms with van der Waals surface area (Å²) in [5.41, 5.74) is 3.44. The fourth-order valence-electron chi connectivity index (χ4n) is 3.92. The summed E-state index contributed by atoms with van der Waals surface area (Å²) in [6.07, 6.45) is 0.807. The Kier molecular flexibility index (Phi) is 5.50. The van der Waals surface area contributed by atoms with Crippen LogP contribution >= 0.6 is 33.5 Å². The van der Waals surface area contributed by atoms with Crippen molar-refractivity contribution in [1.29, 1.82) is 0 Å². The third-order valence-electron chi connectivity index (χ3n) is 5.40. The minimum atomic E-state index is -2.79. The van der Waals surface area contributed by atoms with Crippen LogP contribution in [0.2, 0.25) is 4.34 Å². The van der Waals surface area contributed by atoms with Gasteiger partial charge in [0.1, 0.15) is 11.6 Å². The Morgan fingerprint density at radius 1 is 1.25 bits per heavy atom. The van der Waals surface area contributed by atoms with E-state index in [9.17, 15) is 13.9 Å². The number of ether oxygens (including phenoxy) is 2. The number of aromatic nitrogens is 2. The first-order valence-electron chi connectivity index (χ1n) is 9.82. The molecule has 2 aliphatic rings. The van der Waals surface area contributed by atoms with Crippen LogP contribution in [0.15, 0.2) is 30.3 Å². The number of hydrogen-bond acceptors (Lipinski definition) is 9. The van der Waals surface area contributed by atoms with Gasteiger partial charge in [0.05, 0.1) is 33.5 Å². The largest absolute Gasteiger partial charge is 0.482 e. The Labute approximate surface area is 195 Å². The van der Waals surface area contributed by atoms with Crippen molar-refractivity contribution in [2.75, 3.05) is 25.2 Å². The highest BCUT2D eigenvalue weighted by Crippen LogP contribution is 2.55. The molecule has 0 amide bonds. The maximum Gasteiger partial charge on any atom is 0.343 e. The van der Waals surface area contributed by atoms with E-state index in [4.69, 9.17) is 21.3 Å². The van der Waals surface area contributed by atoms with Gasteiger partial charge in [0, 0.05) is 23.9 Å². The quantitative estimate of drug-likeness (QED) is 0.485. The van der Waals surface area contributed by atoms with Gasteiger partial charge in [-0.15, -0.1) is 11.3 Å². The van der Waals surface area contributed by atoms with Gasteiger partial charge in [-0.05, 0) is 30.2 Å². The molecule has 4 heterocycles. The van der Waals surface area contributed by atoms with Crippen molar-refractivity contribution in [2.45, 2.75) is 17.9 Å². The van der Waals surface area contributed by atoms with Gasteiger partial charge in [-0.1, -0.05) is 17.7 Å². The normalized spacial score (nSPS) is 17.1. The van der Waals surface area contributed by atoms with Crippen LogP contribution in [0, 0.1) is 0 Å². The molecule has 0 saturated heterocycles. The number of methoxy groups -OCH3 is 1. The van der Waals surface area contributed by atoms with E-state index < -0.39 is 16.6 Å². The van der Waals surface area contributed by atoms with Crippen molar-refractivity contribution in [3.05, 3.63) is 51.5 Å². The van der Waals surface area contributed by atoms with Gasteiger partial charge in [0.15, 0.2) is 12.4 Å². The first-order valence-corrected chi connectivity index (χ1v) is 12.9. The van der Waals surface area contributed by atoms with Crippen molar-refractivity contribution in [3.8, 4) is 16.5 Å². The highest BCUT2D eigenvalue weighted by molar-refractivity contribution is 8.23. The number of anilines is 2. The smallest absolute Gasteiger partial charge is 0.343 e. The van der Waals surface area contributed by atoms with Crippen LogP contribution in [-0.2, 0) is 27.5 Å². The molecule has 0 atom stereocenters. The minimum absolute atomic E-state index is 0.118. The molecule has 2 N–H and O–H groups in total. The van der Waals surface area contributed by atoms with Gasteiger partial charge < -0.3 is 14.4 Å². The number of rotatable bonds is 5. The molecule has 0 radical (unpaired) electrons. The Morgan fingerprint density at radius 3 is 2.84 bits per heavy atom. The summed E-state index contributed by atoms with van der Waals surface area (Å²) in [4.78, 5) is 23.8. The average Bonchev–Trinajstić information content (AvgIpc) is 3.46. The zero-order valence-corrected chi connectivity index (χ0v) is 19.5. The zero-order chi connectivity index (χ0) is 22.5. The third-order valence-corrected chi connectivity index (χ3v) is 8.11. The minimum Gasteiger partial charge on any atom is -0.482 e. The summed E-state index contributed by atoms with van der Waals surface area (Å²) in [7, 11) is -1.47. The number of halogens is 1. The molecule has 0 fully saturated rings. The molecule has 1 aromatic carbocycles. The van der Waals surface area contributed by atoms with Gasteiger partial charge in [0.25, 0.3) is 0 Å². The summed E-state index contributed by atoms with van der Waals surface area (Å²) in [6, 6.07) is 9.32. The Bertz CT molecular complexity index is 1220. The molecule has 2 aliphatic heterocycles. The van der Waals surface area contributed by atoms with Gasteiger partial charge in [0.2, 0.25) is 0 Å². The highest BCUT2D eigenvalue weighted by Gasteiger charge is 2.34. The molecule has 8 nitrogen and oxygen atoms in total. The van der Waals surface area contributed by atoms with E-state index in [0.717, 1.165) is 28.1 Å². The first-order chi connectivity index (χ1) is 15.3. The second-order valence-electron chi connectivity index (χ2n) is 7.55. The molecule has 2 aromatic heterocycles. The molecular formula is C21H20ClN3O5S2. The van der Waals surface area contributed by atoms with Gasteiger partial charge >= 0.3 is 5.97 Å². The van der Waals surface area contributed by atoms with E-state index in [2.05, 4.69) is 14.6 Å². The monoisotopic (exact) mass is 493 g/mol. The van der Waals surface area contributed by atoms with E-state index >= 15 is 0 Å². The van der Waals surface area contributed by atoms with Crippen molar-refractivity contribution in [3.63, 3.8) is 0 Å². The van der Waals surface area contributed by atoms with Crippen LogP contribution in [-0.4, -0.2) is 45.3 Å². The van der Waals surface area contributed by atoms with E-state index in [0.29, 0.717) is 34.0 Å². The molecule has 0 aliphatic carbocycles. The molecule has 0 spiro atoms. The number of fused-ring (bicyclic) bond motifs is 2. The zero-order valence-electron chi connectivity index (χ0n) is 17.1. The molecule has 3 aromatic rings. The molecule has 11 heteroatoms. The number of hydrogen-bond donors (Lipinski definition) is 2. The number of benzene rings is 1. The lowest BCUT2D eigenvalue weighted by Gasteiger charge is -2.25. The number of carbonyl (C=O) groups is 1. The van der Waals surface area contributed by atoms with Crippen LogP contribution in [0.25, 0.3) is 10.7 Å². The van der Waals surface area contributed by atoms with Crippen LogP contribution in [0.1, 0.15) is 16.8 Å². The van der Waals surface area contributed by atoms with E-state index in [1.807, 2.05) is 24.3 Å². The lowest BCUT2D eigenvalue weighted by Crippen LogP contribution is -2.18. The van der Waals surface area contributed by atoms with E-state index in [-0.39, 0.29) is 18.1 Å².